The predicted molar refractivity (Wildman–Crippen MR) is 74.4 cm³/mol. The molecule has 114 valence electrons. The van der Waals surface area contributed by atoms with Crippen LogP contribution >= 0.6 is 0 Å². The number of halogens is 1. The number of benzene rings is 1. The average molecular weight is 296 g/mol. The molecule has 0 heterocycles. The monoisotopic (exact) mass is 296 g/mol. The first-order valence-corrected chi connectivity index (χ1v) is 6.33. The zero-order valence-electron chi connectivity index (χ0n) is 11.9. The van der Waals surface area contributed by atoms with Crippen molar-refractivity contribution in [2.45, 2.75) is 26.8 Å². The molecule has 0 aromatic heterocycles. The van der Waals surface area contributed by atoms with Gasteiger partial charge in [0.1, 0.15) is 11.9 Å². The summed E-state index contributed by atoms with van der Waals surface area (Å²) in [5, 5.41) is 13.8. The molecule has 0 spiro atoms. The van der Waals surface area contributed by atoms with Crippen LogP contribution in [0.2, 0.25) is 0 Å². The summed E-state index contributed by atoms with van der Waals surface area (Å²) in [5.74, 6) is -3.16. The van der Waals surface area contributed by atoms with Gasteiger partial charge in [-0.3, -0.25) is 9.59 Å². The number of carboxylic acid groups (broad SMARTS) is 1. The maximum Gasteiger partial charge on any atom is 0.337 e. The molecular weight excluding hydrogens is 279 g/mol. The van der Waals surface area contributed by atoms with E-state index < -0.39 is 23.7 Å². The third-order valence-corrected chi connectivity index (χ3v) is 2.78. The molecule has 0 radical (unpaired) electrons. The van der Waals surface area contributed by atoms with Gasteiger partial charge in [0.2, 0.25) is 11.8 Å². The van der Waals surface area contributed by atoms with Crippen molar-refractivity contribution in [3.8, 4) is 0 Å². The van der Waals surface area contributed by atoms with Crippen LogP contribution in [0.15, 0.2) is 18.2 Å². The molecule has 6 nitrogen and oxygen atoms in total. The van der Waals surface area contributed by atoms with Gasteiger partial charge >= 0.3 is 5.97 Å². The van der Waals surface area contributed by atoms with E-state index in [-0.39, 0.29) is 23.1 Å². The Morgan fingerprint density at radius 1 is 1.24 bits per heavy atom. The zero-order chi connectivity index (χ0) is 16.2. The molecule has 0 bridgehead atoms. The normalized spacial score (nSPS) is 11.9. The fourth-order valence-corrected chi connectivity index (χ4v) is 1.77. The maximum absolute atomic E-state index is 13.2. The van der Waals surface area contributed by atoms with E-state index in [0.717, 1.165) is 18.2 Å². The molecule has 0 saturated carbocycles. The van der Waals surface area contributed by atoms with Gasteiger partial charge in [-0.1, -0.05) is 13.8 Å². The number of hydrogen-bond donors (Lipinski definition) is 3. The van der Waals surface area contributed by atoms with Gasteiger partial charge in [-0.2, -0.15) is 0 Å². The Morgan fingerprint density at radius 3 is 2.33 bits per heavy atom. The van der Waals surface area contributed by atoms with E-state index in [9.17, 15) is 18.8 Å². The lowest BCUT2D eigenvalue weighted by atomic mass is 10.0. The van der Waals surface area contributed by atoms with Gasteiger partial charge in [-0.15, -0.1) is 0 Å². The Balaban J connectivity index is 3.03. The SMILES string of the molecule is CC(=O)NC(C(=O)Nc1cc(F)ccc1C(=O)O)C(C)C. The van der Waals surface area contributed by atoms with Crippen molar-refractivity contribution in [3.05, 3.63) is 29.6 Å². The largest absolute Gasteiger partial charge is 0.478 e. The molecule has 0 aliphatic carbocycles. The number of aromatic carboxylic acids is 1. The van der Waals surface area contributed by atoms with Crippen molar-refractivity contribution < 1.29 is 23.9 Å². The van der Waals surface area contributed by atoms with Crippen molar-refractivity contribution in [2.24, 2.45) is 5.92 Å². The van der Waals surface area contributed by atoms with Gasteiger partial charge in [0.05, 0.1) is 11.3 Å². The lowest BCUT2D eigenvalue weighted by Crippen LogP contribution is -2.46. The number of carboxylic acids is 1. The molecule has 1 aromatic carbocycles. The van der Waals surface area contributed by atoms with E-state index in [0.29, 0.717) is 0 Å². The summed E-state index contributed by atoms with van der Waals surface area (Å²) in [6.45, 7) is 4.72. The van der Waals surface area contributed by atoms with Crippen LogP contribution in [-0.2, 0) is 9.59 Å². The van der Waals surface area contributed by atoms with Crippen molar-refractivity contribution in [2.75, 3.05) is 5.32 Å². The van der Waals surface area contributed by atoms with Crippen LogP contribution in [0.5, 0.6) is 0 Å². The topological polar surface area (TPSA) is 95.5 Å². The van der Waals surface area contributed by atoms with Gasteiger partial charge in [0.25, 0.3) is 0 Å². The lowest BCUT2D eigenvalue weighted by molar-refractivity contribution is -0.126. The van der Waals surface area contributed by atoms with Crippen molar-refractivity contribution in [3.63, 3.8) is 0 Å². The summed E-state index contributed by atoms with van der Waals surface area (Å²) in [6.07, 6.45) is 0. The van der Waals surface area contributed by atoms with Crippen LogP contribution in [-0.4, -0.2) is 28.9 Å². The molecule has 0 saturated heterocycles. The summed E-state index contributed by atoms with van der Waals surface area (Å²) >= 11 is 0. The summed E-state index contributed by atoms with van der Waals surface area (Å²) in [5.41, 5.74) is -0.376. The molecule has 0 aliphatic heterocycles. The second-order valence-electron chi connectivity index (χ2n) is 4.91. The molecule has 21 heavy (non-hydrogen) atoms. The van der Waals surface area contributed by atoms with Crippen LogP contribution < -0.4 is 10.6 Å². The predicted octanol–water partition coefficient (Wildman–Crippen LogP) is 1.62. The minimum absolute atomic E-state index is 0.150. The molecular formula is C14H17FN2O4. The van der Waals surface area contributed by atoms with E-state index in [4.69, 9.17) is 5.11 Å². The van der Waals surface area contributed by atoms with Gasteiger partial charge < -0.3 is 15.7 Å². The van der Waals surface area contributed by atoms with E-state index in [1.807, 2.05) is 0 Å². The molecule has 1 unspecified atom stereocenters. The van der Waals surface area contributed by atoms with Crippen LogP contribution in [0.1, 0.15) is 31.1 Å². The number of nitrogens with one attached hydrogen (secondary N) is 2. The summed E-state index contributed by atoms with van der Waals surface area (Å²) in [4.78, 5) is 34.3. The Hall–Kier alpha value is -2.44. The highest BCUT2D eigenvalue weighted by Gasteiger charge is 2.24. The van der Waals surface area contributed by atoms with Crippen LogP contribution in [0.4, 0.5) is 10.1 Å². The maximum atomic E-state index is 13.2. The minimum atomic E-state index is -1.29. The van der Waals surface area contributed by atoms with E-state index >= 15 is 0 Å². The average Bonchev–Trinajstić information content (AvgIpc) is 2.34. The quantitative estimate of drug-likeness (QED) is 0.769. The molecule has 1 aromatic rings. The highest BCUT2D eigenvalue weighted by atomic mass is 19.1. The number of hydrogen-bond acceptors (Lipinski definition) is 3. The number of carbonyl (C=O) groups excluding carboxylic acids is 2. The highest BCUT2D eigenvalue weighted by molar-refractivity contribution is 6.03. The number of rotatable bonds is 5. The molecule has 2 amide bonds. The van der Waals surface area contributed by atoms with Gasteiger partial charge in [-0.05, 0) is 24.1 Å². The smallest absolute Gasteiger partial charge is 0.337 e. The Bertz CT molecular complexity index is 572. The molecule has 1 rings (SSSR count). The fraction of sp³-hybridized carbons (Fsp3) is 0.357. The molecule has 1 atom stereocenters. The van der Waals surface area contributed by atoms with Crippen molar-refractivity contribution in [1.29, 1.82) is 0 Å². The third-order valence-electron chi connectivity index (χ3n) is 2.78. The highest BCUT2D eigenvalue weighted by Crippen LogP contribution is 2.18. The second kappa shape index (κ2) is 6.83. The van der Waals surface area contributed by atoms with Gasteiger partial charge in [0, 0.05) is 6.92 Å². The number of anilines is 1. The van der Waals surface area contributed by atoms with Crippen molar-refractivity contribution >= 4 is 23.5 Å². The molecule has 7 heteroatoms. The Kier molecular flexibility index (Phi) is 5.40. The number of amides is 2. The van der Waals surface area contributed by atoms with Gasteiger partial charge in [0.15, 0.2) is 0 Å². The van der Waals surface area contributed by atoms with Crippen LogP contribution in [0.25, 0.3) is 0 Å². The Labute approximate surface area is 121 Å². The van der Waals surface area contributed by atoms with Gasteiger partial charge in [-0.25, -0.2) is 9.18 Å². The number of carbonyl (C=O) groups is 3. The van der Waals surface area contributed by atoms with E-state index in [1.54, 1.807) is 13.8 Å². The second-order valence-corrected chi connectivity index (χ2v) is 4.91. The zero-order valence-corrected chi connectivity index (χ0v) is 11.9. The molecule has 0 aliphatic rings. The lowest BCUT2D eigenvalue weighted by Gasteiger charge is -2.21. The van der Waals surface area contributed by atoms with E-state index in [2.05, 4.69) is 10.6 Å². The van der Waals surface area contributed by atoms with Crippen LogP contribution in [0, 0.1) is 11.7 Å². The van der Waals surface area contributed by atoms with Crippen LogP contribution in [0.3, 0.4) is 0 Å². The first-order chi connectivity index (χ1) is 9.72. The molecule has 3 N–H and O–H groups in total. The third kappa shape index (κ3) is 4.55. The summed E-state index contributed by atoms with van der Waals surface area (Å²) in [6, 6.07) is 2.14. The fourth-order valence-electron chi connectivity index (χ4n) is 1.77. The minimum Gasteiger partial charge on any atom is -0.478 e. The van der Waals surface area contributed by atoms with E-state index in [1.165, 1.54) is 6.92 Å². The summed E-state index contributed by atoms with van der Waals surface area (Å²) in [7, 11) is 0. The Morgan fingerprint density at radius 2 is 1.86 bits per heavy atom. The first kappa shape index (κ1) is 16.6. The first-order valence-electron chi connectivity index (χ1n) is 6.33. The summed E-state index contributed by atoms with van der Waals surface area (Å²) < 4.78 is 13.2. The standard InChI is InChI=1S/C14H17FN2O4/c1-7(2)12(16-8(3)18)13(19)17-11-6-9(15)4-5-10(11)14(20)21/h4-7,12H,1-3H3,(H,16,18)(H,17,19)(H,20,21). The molecule has 0 fully saturated rings. The van der Waals surface area contributed by atoms with Crippen molar-refractivity contribution in [1.82, 2.24) is 5.32 Å².